The Balaban J connectivity index is 2.00. The fourth-order valence-electron chi connectivity index (χ4n) is 2.28. The van der Waals surface area contributed by atoms with Crippen molar-refractivity contribution in [3.05, 3.63) is 28.5 Å². The maximum Gasteiger partial charge on any atom is 0.227 e. The molecule has 0 heterocycles. The van der Waals surface area contributed by atoms with Gasteiger partial charge in [-0.05, 0) is 53.4 Å². The Labute approximate surface area is 114 Å². The minimum Gasteiger partial charge on any atom is -0.328 e. The highest BCUT2D eigenvalue weighted by Gasteiger charge is 2.25. The molecule has 0 saturated heterocycles. The Bertz CT molecular complexity index is 453. The van der Waals surface area contributed by atoms with E-state index in [1.165, 1.54) is 6.07 Å². The number of benzene rings is 1. The molecular formula is C13H16BrFN2O. The molecule has 0 aromatic heterocycles. The van der Waals surface area contributed by atoms with E-state index in [0.717, 1.165) is 25.7 Å². The molecule has 1 amide bonds. The van der Waals surface area contributed by atoms with E-state index >= 15 is 0 Å². The summed E-state index contributed by atoms with van der Waals surface area (Å²) in [5.74, 6) is -0.395. The molecule has 0 bridgehead atoms. The van der Waals surface area contributed by atoms with Crippen LogP contribution in [0, 0.1) is 11.7 Å². The molecule has 1 aliphatic carbocycles. The third-order valence-corrected chi connectivity index (χ3v) is 3.88. The van der Waals surface area contributed by atoms with Crippen molar-refractivity contribution < 1.29 is 9.18 Å². The van der Waals surface area contributed by atoms with E-state index in [2.05, 4.69) is 21.2 Å². The SMILES string of the molecule is NC1CCCC(C(=O)Nc2ccc(F)c(Br)c2)C1. The number of amides is 1. The summed E-state index contributed by atoms with van der Waals surface area (Å²) in [6.45, 7) is 0. The number of nitrogens with two attached hydrogens (primary N) is 1. The van der Waals surface area contributed by atoms with E-state index in [1.54, 1.807) is 12.1 Å². The van der Waals surface area contributed by atoms with E-state index in [-0.39, 0.29) is 23.7 Å². The Morgan fingerprint density at radius 3 is 2.89 bits per heavy atom. The van der Waals surface area contributed by atoms with E-state index in [4.69, 9.17) is 5.73 Å². The van der Waals surface area contributed by atoms with Gasteiger partial charge < -0.3 is 11.1 Å². The van der Waals surface area contributed by atoms with Crippen molar-refractivity contribution in [3.8, 4) is 0 Å². The second-order valence-corrected chi connectivity index (χ2v) is 5.60. The molecule has 3 nitrogen and oxygen atoms in total. The average molecular weight is 315 g/mol. The van der Waals surface area contributed by atoms with Crippen LogP contribution in [0.2, 0.25) is 0 Å². The van der Waals surface area contributed by atoms with Crippen molar-refractivity contribution in [3.63, 3.8) is 0 Å². The summed E-state index contributed by atoms with van der Waals surface area (Å²) in [4.78, 5) is 12.0. The predicted octanol–water partition coefficient (Wildman–Crippen LogP) is 3.04. The summed E-state index contributed by atoms with van der Waals surface area (Å²) in [5.41, 5.74) is 6.47. The lowest BCUT2D eigenvalue weighted by atomic mass is 9.85. The van der Waals surface area contributed by atoms with Gasteiger partial charge >= 0.3 is 0 Å². The van der Waals surface area contributed by atoms with Gasteiger partial charge in [0.15, 0.2) is 0 Å². The second kappa shape index (κ2) is 5.80. The van der Waals surface area contributed by atoms with Gasteiger partial charge in [-0.1, -0.05) is 6.42 Å². The van der Waals surface area contributed by atoms with E-state index in [0.29, 0.717) is 10.2 Å². The summed E-state index contributed by atoms with van der Waals surface area (Å²) in [6, 6.07) is 4.57. The van der Waals surface area contributed by atoms with Crippen LogP contribution in [0.3, 0.4) is 0 Å². The third kappa shape index (κ3) is 3.29. The van der Waals surface area contributed by atoms with Crippen molar-refractivity contribution in [2.75, 3.05) is 5.32 Å². The molecule has 2 atom stereocenters. The van der Waals surface area contributed by atoms with Gasteiger partial charge in [0.1, 0.15) is 5.82 Å². The first-order chi connectivity index (χ1) is 8.56. The molecule has 5 heteroatoms. The highest BCUT2D eigenvalue weighted by atomic mass is 79.9. The van der Waals surface area contributed by atoms with Gasteiger partial charge in [0, 0.05) is 17.6 Å². The first kappa shape index (κ1) is 13.5. The average Bonchev–Trinajstić information content (AvgIpc) is 2.34. The van der Waals surface area contributed by atoms with Crippen molar-refractivity contribution >= 4 is 27.5 Å². The van der Waals surface area contributed by atoms with Crippen LogP contribution in [0.25, 0.3) is 0 Å². The zero-order chi connectivity index (χ0) is 13.1. The molecule has 1 fully saturated rings. The second-order valence-electron chi connectivity index (χ2n) is 4.74. The molecule has 1 saturated carbocycles. The van der Waals surface area contributed by atoms with Gasteiger partial charge in [0.05, 0.1) is 4.47 Å². The van der Waals surface area contributed by atoms with E-state index in [9.17, 15) is 9.18 Å². The number of nitrogens with one attached hydrogen (secondary N) is 1. The molecule has 2 unspecified atom stereocenters. The molecule has 1 aromatic rings. The number of anilines is 1. The quantitative estimate of drug-likeness (QED) is 0.881. The number of hydrogen-bond donors (Lipinski definition) is 2. The molecule has 18 heavy (non-hydrogen) atoms. The van der Waals surface area contributed by atoms with Gasteiger partial charge in [-0.3, -0.25) is 4.79 Å². The Morgan fingerprint density at radius 1 is 1.44 bits per heavy atom. The first-order valence-electron chi connectivity index (χ1n) is 6.08. The number of carbonyl (C=O) groups is 1. The minimum absolute atomic E-state index is 0.0244. The van der Waals surface area contributed by atoms with Crippen LogP contribution in [0.5, 0.6) is 0 Å². The summed E-state index contributed by atoms with van der Waals surface area (Å²) in [7, 11) is 0. The van der Waals surface area contributed by atoms with E-state index < -0.39 is 0 Å². The standard InChI is InChI=1S/C13H16BrFN2O/c14-11-7-10(4-5-12(11)15)17-13(18)8-2-1-3-9(16)6-8/h4-5,7-9H,1-3,6,16H2,(H,17,18). The number of halogens is 2. The maximum absolute atomic E-state index is 13.1. The Hall–Kier alpha value is -0.940. The van der Waals surface area contributed by atoms with Gasteiger partial charge in [-0.15, -0.1) is 0 Å². The summed E-state index contributed by atoms with van der Waals surface area (Å²) in [6.07, 6.45) is 3.59. The number of rotatable bonds is 2. The van der Waals surface area contributed by atoms with Crippen LogP contribution in [-0.2, 0) is 4.79 Å². The Morgan fingerprint density at radius 2 is 2.22 bits per heavy atom. The molecule has 1 aromatic carbocycles. The molecule has 2 rings (SSSR count). The number of carbonyl (C=O) groups excluding carboxylic acids is 1. The summed E-state index contributed by atoms with van der Waals surface area (Å²) in [5, 5.41) is 2.81. The zero-order valence-corrected chi connectivity index (χ0v) is 11.5. The monoisotopic (exact) mass is 314 g/mol. The van der Waals surface area contributed by atoms with Crippen LogP contribution in [0.4, 0.5) is 10.1 Å². The fourth-order valence-corrected chi connectivity index (χ4v) is 2.66. The topological polar surface area (TPSA) is 55.1 Å². The van der Waals surface area contributed by atoms with Crippen LogP contribution in [0.1, 0.15) is 25.7 Å². The van der Waals surface area contributed by atoms with Crippen molar-refractivity contribution in [2.45, 2.75) is 31.7 Å². The maximum atomic E-state index is 13.1. The fraction of sp³-hybridized carbons (Fsp3) is 0.462. The molecular weight excluding hydrogens is 299 g/mol. The van der Waals surface area contributed by atoms with Crippen LogP contribution in [-0.4, -0.2) is 11.9 Å². The molecule has 0 aliphatic heterocycles. The van der Waals surface area contributed by atoms with Gasteiger partial charge in [-0.2, -0.15) is 0 Å². The summed E-state index contributed by atoms with van der Waals surface area (Å²) < 4.78 is 13.4. The highest BCUT2D eigenvalue weighted by Crippen LogP contribution is 2.25. The van der Waals surface area contributed by atoms with Crippen LogP contribution < -0.4 is 11.1 Å². The zero-order valence-electron chi connectivity index (χ0n) is 9.96. The highest BCUT2D eigenvalue weighted by molar-refractivity contribution is 9.10. The molecule has 0 radical (unpaired) electrons. The third-order valence-electron chi connectivity index (χ3n) is 3.27. The summed E-state index contributed by atoms with van der Waals surface area (Å²) >= 11 is 3.10. The van der Waals surface area contributed by atoms with Gasteiger partial charge in [0.2, 0.25) is 5.91 Å². The van der Waals surface area contributed by atoms with Crippen LogP contribution in [0.15, 0.2) is 22.7 Å². The van der Waals surface area contributed by atoms with Crippen molar-refractivity contribution in [1.29, 1.82) is 0 Å². The molecule has 1 aliphatic rings. The largest absolute Gasteiger partial charge is 0.328 e. The lowest BCUT2D eigenvalue weighted by Crippen LogP contribution is -2.34. The van der Waals surface area contributed by atoms with Gasteiger partial charge in [-0.25, -0.2) is 4.39 Å². The number of hydrogen-bond acceptors (Lipinski definition) is 2. The van der Waals surface area contributed by atoms with Crippen molar-refractivity contribution in [2.24, 2.45) is 11.7 Å². The lowest BCUT2D eigenvalue weighted by Gasteiger charge is -2.25. The lowest BCUT2D eigenvalue weighted by molar-refractivity contribution is -0.120. The van der Waals surface area contributed by atoms with Crippen LogP contribution >= 0.6 is 15.9 Å². The molecule has 98 valence electrons. The molecule has 3 N–H and O–H groups in total. The van der Waals surface area contributed by atoms with Crippen molar-refractivity contribution in [1.82, 2.24) is 0 Å². The predicted molar refractivity (Wildman–Crippen MR) is 72.7 cm³/mol. The molecule has 0 spiro atoms. The smallest absolute Gasteiger partial charge is 0.227 e. The minimum atomic E-state index is -0.340. The Kier molecular flexibility index (Phi) is 4.35. The normalized spacial score (nSPS) is 23.7. The van der Waals surface area contributed by atoms with Gasteiger partial charge in [0.25, 0.3) is 0 Å². The first-order valence-corrected chi connectivity index (χ1v) is 6.87. The van der Waals surface area contributed by atoms with E-state index in [1.807, 2.05) is 0 Å².